The van der Waals surface area contributed by atoms with E-state index in [0.29, 0.717) is 5.75 Å². The van der Waals surface area contributed by atoms with Gasteiger partial charge in [0.2, 0.25) is 0 Å². The third-order valence-electron chi connectivity index (χ3n) is 2.42. The summed E-state index contributed by atoms with van der Waals surface area (Å²) in [5, 5.41) is 0. The standard InChI is InChI=1S/C10H10F3IN2O/c11-10(12,13)9-2-1-7(5-15-9)17-8-3-4-16(14)6-8/h1-2,5,8H,3-4,6H2/t8-/m1/s1. The van der Waals surface area contributed by atoms with Crippen LogP contribution >= 0.6 is 22.9 Å². The van der Waals surface area contributed by atoms with Crippen molar-refractivity contribution in [1.29, 1.82) is 0 Å². The number of ether oxygens (including phenoxy) is 1. The van der Waals surface area contributed by atoms with E-state index in [4.69, 9.17) is 4.74 Å². The largest absolute Gasteiger partial charge is 0.487 e. The van der Waals surface area contributed by atoms with Gasteiger partial charge in [-0.3, -0.25) is 0 Å². The minimum Gasteiger partial charge on any atom is -0.487 e. The van der Waals surface area contributed by atoms with Crippen molar-refractivity contribution in [3.05, 3.63) is 24.0 Å². The molecule has 3 nitrogen and oxygen atoms in total. The van der Waals surface area contributed by atoms with Crippen LogP contribution in [0.15, 0.2) is 18.3 Å². The maximum absolute atomic E-state index is 12.3. The summed E-state index contributed by atoms with van der Waals surface area (Å²) in [4.78, 5) is 3.35. The first-order valence-corrected chi connectivity index (χ1v) is 6.02. The van der Waals surface area contributed by atoms with Crippen LogP contribution in [0.4, 0.5) is 13.2 Å². The van der Waals surface area contributed by atoms with E-state index >= 15 is 0 Å². The van der Waals surface area contributed by atoms with Gasteiger partial charge in [-0.1, -0.05) is 0 Å². The monoisotopic (exact) mass is 358 g/mol. The van der Waals surface area contributed by atoms with Gasteiger partial charge >= 0.3 is 6.18 Å². The van der Waals surface area contributed by atoms with Crippen molar-refractivity contribution < 1.29 is 17.9 Å². The van der Waals surface area contributed by atoms with E-state index in [2.05, 4.69) is 31.0 Å². The number of halogens is 4. The summed E-state index contributed by atoms with van der Waals surface area (Å²) >= 11 is 2.19. The molecule has 0 spiro atoms. The Bertz CT molecular complexity index is 382. The van der Waals surface area contributed by atoms with Crippen molar-refractivity contribution in [2.75, 3.05) is 13.1 Å². The first-order valence-electron chi connectivity index (χ1n) is 5.06. The molecule has 1 aromatic heterocycles. The Morgan fingerprint density at radius 3 is 2.65 bits per heavy atom. The van der Waals surface area contributed by atoms with Gasteiger partial charge in [-0.05, 0) is 18.6 Å². The lowest BCUT2D eigenvalue weighted by Crippen LogP contribution is -2.19. The van der Waals surface area contributed by atoms with Gasteiger partial charge in [-0.25, -0.2) is 8.10 Å². The van der Waals surface area contributed by atoms with Crippen molar-refractivity contribution in [1.82, 2.24) is 8.10 Å². The van der Waals surface area contributed by atoms with Crippen molar-refractivity contribution in [2.24, 2.45) is 0 Å². The van der Waals surface area contributed by atoms with Gasteiger partial charge in [-0.2, -0.15) is 13.2 Å². The number of hydrogen-bond donors (Lipinski definition) is 0. The highest BCUT2D eigenvalue weighted by Gasteiger charge is 2.32. The van der Waals surface area contributed by atoms with Crippen LogP contribution in [0.3, 0.4) is 0 Å². The summed E-state index contributed by atoms with van der Waals surface area (Å²) in [6, 6.07) is 2.25. The second-order valence-corrected chi connectivity index (χ2v) is 5.14. The van der Waals surface area contributed by atoms with Gasteiger partial charge in [0.15, 0.2) is 0 Å². The lowest BCUT2D eigenvalue weighted by molar-refractivity contribution is -0.141. The summed E-state index contributed by atoms with van der Waals surface area (Å²) in [7, 11) is 0. The molecule has 0 amide bonds. The first-order chi connectivity index (χ1) is 7.95. The summed E-state index contributed by atoms with van der Waals surface area (Å²) in [6.07, 6.45) is -2.36. The Balaban J connectivity index is 1.99. The zero-order valence-electron chi connectivity index (χ0n) is 8.75. The predicted octanol–water partition coefficient (Wildman–Crippen LogP) is 2.90. The summed E-state index contributed by atoms with van der Waals surface area (Å²) < 4.78 is 44.4. The van der Waals surface area contributed by atoms with Crippen molar-refractivity contribution >= 4 is 22.9 Å². The molecule has 0 N–H and O–H groups in total. The molecule has 1 saturated heterocycles. The van der Waals surface area contributed by atoms with Crippen LogP contribution in [0.25, 0.3) is 0 Å². The van der Waals surface area contributed by atoms with Crippen LogP contribution in [0.2, 0.25) is 0 Å². The number of pyridine rings is 1. The fourth-order valence-corrected chi connectivity index (χ4v) is 2.31. The van der Waals surface area contributed by atoms with Crippen molar-refractivity contribution in [3.8, 4) is 5.75 Å². The van der Waals surface area contributed by atoms with Gasteiger partial charge in [0.05, 0.1) is 6.20 Å². The Hall–Kier alpha value is -0.570. The first kappa shape index (κ1) is 12.9. The molecule has 2 heterocycles. The van der Waals surface area contributed by atoms with Crippen LogP contribution in [-0.4, -0.2) is 27.3 Å². The van der Waals surface area contributed by atoms with E-state index in [9.17, 15) is 13.2 Å². The quantitative estimate of drug-likeness (QED) is 0.601. The SMILES string of the molecule is FC(F)(F)c1ccc(O[C@@H]2CCN(I)C2)cn1. The molecule has 1 aromatic rings. The Morgan fingerprint density at radius 1 is 1.41 bits per heavy atom. The number of nitrogens with zero attached hydrogens (tertiary/aromatic N) is 2. The molecule has 1 fully saturated rings. The molecule has 1 aliphatic rings. The normalized spacial score (nSPS) is 21.8. The molecule has 0 unspecified atom stereocenters. The van der Waals surface area contributed by atoms with Gasteiger partial charge in [0.1, 0.15) is 17.5 Å². The minimum absolute atomic E-state index is 0.0328. The van der Waals surface area contributed by atoms with Crippen LogP contribution in [0.5, 0.6) is 5.75 Å². The van der Waals surface area contributed by atoms with Gasteiger partial charge < -0.3 is 4.74 Å². The average Bonchev–Trinajstić information content (AvgIpc) is 2.63. The molecule has 0 aliphatic carbocycles. The molecule has 94 valence electrons. The van der Waals surface area contributed by atoms with E-state index in [-0.39, 0.29) is 6.10 Å². The van der Waals surface area contributed by atoms with Gasteiger partial charge in [0, 0.05) is 36.0 Å². The summed E-state index contributed by atoms with van der Waals surface area (Å²) in [6.45, 7) is 1.71. The predicted molar refractivity (Wildman–Crippen MR) is 63.9 cm³/mol. The molecule has 17 heavy (non-hydrogen) atoms. The van der Waals surface area contributed by atoms with Crippen LogP contribution in [0, 0.1) is 0 Å². The third kappa shape index (κ3) is 3.44. The Labute approximate surface area is 110 Å². The summed E-state index contributed by atoms with van der Waals surface area (Å²) in [5.74, 6) is 0.384. The zero-order chi connectivity index (χ0) is 12.5. The second-order valence-electron chi connectivity index (χ2n) is 3.77. The molecule has 0 aromatic carbocycles. The van der Waals surface area contributed by atoms with E-state index in [0.717, 1.165) is 31.8 Å². The molecule has 2 rings (SSSR count). The smallest absolute Gasteiger partial charge is 0.433 e. The number of rotatable bonds is 2. The summed E-state index contributed by atoms with van der Waals surface area (Å²) in [5.41, 5.74) is -0.896. The fourth-order valence-electron chi connectivity index (χ4n) is 1.59. The minimum atomic E-state index is -4.40. The third-order valence-corrected chi connectivity index (χ3v) is 3.30. The van der Waals surface area contributed by atoms with E-state index < -0.39 is 11.9 Å². The highest BCUT2D eigenvalue weighted by molar-refractivity contribution is 14.1. The highest BCUT2D eigenvalue weighted by atomic mass is 127. The topological polar surface area (TPSA) is 25.4 Å². The Morgan fingerprint density at radius 2 is 2.18 bits per heavy atom. The van der Waals surface area contributed by atoms with E-state index in [1.165, 1.54) is 6.07 Å². The maximum Gasteiger partial charge on any atom is 0.433 e. The number of hydrogen-bond acceptors (Lipinski definition) is 3. The molecule has 0 bridgehead atoms. The average molecular weight is 358 g/mol. The van der Waals surface area contributed by atoms with Crippen LogP contribution in [0.1, 0.15) is 12.1 Å². The molecular formula is C10H10F3IN2O. The lowest BCUT2D eigenvalue weighted by Gasteiger charge is -2.13. The Kier molecular flexibility index (Phi) is 3.76. The number of aromatic nitrogens is 1. The van der Waals surface area contributed by atoms with Gasteiger partial charge in [-0.15, -0.1) is 0 Å². The zero-order valence-corrected chi connectivity index (χ0v) is 10.9. The van der Waals surface area contributed by atoms with Crippen molar-refractivity contribution in [3.63, 3.8) is 0 Å². The molecule has 0 radical (unpaired) electrons. The molecule has 1 aliphatic heterocycles. The van der Waals surface area contributed by atoms with E-state index in [1.807, 2.05) is 0 Å². The maximum atomic E-state index is 12.3. The van der Waals surface area contributed by atoms with Crippen LogP contribution in [-0.2, 0) is 6.18 Å². The van der Waals surface area contributed by atoms with Gasteiger partial charge in [0.25, 0.3) is 0 Å². The molecular weight excluding hydrogens is 348 g/mol. The highest BCUT2D eigenvalue weighted by Crippen LogP contribution is 2.28. The van der Waals surface area contributed by atoms with Crippen molar-refractivity contribution in [2.45, 2.75) is 18.7 Å². The fraction of sp³-hybridized carbons (Fsp3) is 0.500. The molecule has 1 atom stereocenters. The van der Waals surface area contributed by atoms with E-state index in [1.54, 1.807) is 0 Å². The number of alkyl halides is 3. The van der Waals surface area contributed by atoms with Crippen LogP contribution < -0.4 is 4.74 Å². The molecule has 0 saturated carbocycles. The lowest BCUT2D eigenvalue weighted by atomic mass is 10.3. The second kappa shape index (κ2) is 4.97. The molecule has 7 heteroatoms.